The number of allylic oxidation sites excluding steroid dienone is 4. The third-order valence-electron chi connectivity index (χ3n) is 8.37. The van der Waals surface area contributed by atoms with Crippen molar-refractivity contribution in [3.05, 3.63) is 156 Å². The monoisotopic (exact) mass is 629 g/mol. The minimum atomic E-state index is 0.740. The molecule has 7 aromatic rings. The van der Waals surface area contributed by atoms with Crippen LogP contribution in [-0.4, -0.2) is 14.5 Å². The van der Waals surface area contributed by atoms with E-state index in [1.807, 2.05) is 6.07 Å². The van der Waals surface area contributed by atoms with Crippen LogP contribution in [0.1, 0.15) is 18.5 Å². The largest absolute Gasteiger partial charge is 0.309 e. The molecule has 0 N–H and O–H groups in total. The van der Waals surface area contributed by atoms with Crippen LogP contribution in [-0.2, 0) is 0 Å². The molecule has 0 aliphatic heterocycles. The Morgan fingerprint density at radius 2 is 1.27 bits per heavy atom. The van der Waals surface area contributed by atoms with Crippen molar-refractivity contribution >= 4 is 43.3 Å². The summed E-state index contributed by atoms with van der Waals surface area (Å²) < 4.78 is 3.44. The molecule has 4 heteroatoms. The van der Waals surface area contributed by atoms with Gasteiger partial charge in [0.1, 0.15) is 0 Å². The van der Waals surface area contributed by atoms with Crippen molar-refractivity contribution < 1.29 is 0 Å². The molecule has 1 aliphatic rings. The minimum absolute atomic E-state index is 0.740. The van der Waals surface area contributed by atoms with Gasteiger partial charge in [-0.15, -0.1) is 0 Å². The molecule has 2 heterocycles. The van der Waals surface area contributed by atoms with E-state index in [0.717, 1.165) is 51.3 Å². The van der Waals surface area contributed by atoms with Crippen LogP contribution in [0, 0.1) is 0 Å². The Hall–Kier alpha value is -5.06. The SMILES string of the molecule is Brc1ccc(-c2ccc3c(c2)c2ccccc2n3-c2ccc(-c3nc(C4=CC=CCC4)cc(-c4ccccc4)n3)cc2)cc1. The van der Waals surface area contributed by atoms with E-state index in [1.54, 1.807) is 0 Å². The number of hydrogen-bond acceptors (Lipinski definition) is 2. The molecule has 1 aliphatic carbocycles. The predicted molar refractivity (Wildman–Crippen MR) is 187 cm³/mol. The fourth-order valence-corrected chi connectivity index (χ4v) is 6.41. The lowest BCUT2D eigenvalue weighted by molar-refractivity contribution is 1.03. The van der Waals surface area contributed by atoms with Crippen molar-refractivity contribution in [1.82, 2.24) is 14.5 Å². The second-order valence-electron chi connectivity index (χ2n) is 11.1. The molecule has 0 amide bonds. The van der Waals surface area contributed by atoms with Gasteiger partial charge in [0, 0.05) is 32.1 Å². The Balaban J connectivity index is 1.23. The molecule has 0 radical (unpaired) electrons. The van der Waals surface area contributed by atoms with Gasteiger partial charge in [0.05, 0.1) is 22.4 Å². The van der Waals surface area contributed by atoms with E-state index in [4.69, 9.17) is 9.97 Å². The highest BCUT2D eigenvalue weighted by Gasteiger charge is 2.15. The highest BCUT2D eigenvalue weighted by molar-refractivity contribution is 9.10. The Kier molecular flexibility index (Phi) is 6.77. The number of nitrogens with zero attached hydrogens (tertiary/aromatic N) is 3. The first-order valence-corrected chi connectivity index (χ1v) is 15.7. The smallest absolute Gasteiger partial charge is 0.160 e. The number of hydrogen-bond donors (Lipinski definition) is 0. The van der Waals surface area contributed by atoms with Crippen LogP contribution in [0.15, 0.2) is 150 Å². The lowest BCUT2D eigenvalue weighted by Gasteiger charge is -2.13. The standard InChI is InChI=1S/C40H28BrN3/c41-32-20-15-27(16-21-32)31-19-24-39-35(25-31)34-13-7-8-14-38(34)44(39)33-22-17-30(18-23-33)40-42-36(28-9-3-1-4-10-28)26-37(43-40)29-11-5-2-6-12-29/h1-5,7-11,13-26H,6,12H2. The summed E-state index contributed by atoms with van der Waals surface area (Å²) in [6.07, 6.45) is 8.53. The molecule has 0 fully saturated rings. The third kappa shape index (κ3) is 4.87. The van der Waals surface area contributed by atoms with Gasteiger partial charge in [-0.05, 0) is 90.2 Å². The van der Waals surface area contributed by atoms with Crippen LogP contribution < -0.4 is 0 Å². The van der Waals surface area contributed by atoms with Gasteiger partial charge in [-0.25, -0.2) is 9.97 Å². The van der Waals surface area contributed by atoms with Crippen molar-refractivity contribution in [3.63, 3.8) is 0 Å². The van der Waals surface area contributed by atoms with Gasteiger partial charge in [-0.1, -0.05) is 101 Å². The van der Waals surface area contributed by atoms with Crippen LogP contribution >= 0.6 is 15.9 Å². The van der Waals surface area contributed by atoms with Crippen molar-refractivity contribution in [3.8, 4) is 39.5 Å². The van der Waals surface area contributed by atoms with E-state index in [2.05, 4.69) is 160 Å². The van der Waals surface area contributed by atoms with Crippen molar-refractivity contribution in [1.29, 1.82) is 0 Å². The highest BCUT2D eigenvalue weighted by Crippen LogP contribution is 2.36. The maximum atomic E-state index is 5.07. The van der Waals surface area contributed by atoms with Gasteiger partial charge in [0.25, 0.3) is 0 Å². The van der Waals surface area contributed by atoms with Gasteiger partial charge < -0.3 is 4.57 Å². The van der Waals surface area contributed by atoms with Gasteiger partial charge in [-0.2, -0.15) is 0 Å². The Bertz CT molecular complexity index is 2210. The average Bonchev–Trinajstić information content (AvgIpc) is 3.43. The van der Waals surface area contributed by atoms with Crippen LogP contribution in [0.5, 0.6) is 0 Å². The predicted octanol–water partition coefficient (Wildman–Crippen LogP) is 11.1. The molecule has 3 nitrogen and oxygen atoms in total. The Morgan fingerprint density at radius 1 is 0.568 bits per heavy atom. The minimum Gasteiger partial charge on any atom is -0.309 e. The zero-order chi connectivity index (χ0) is 29.5. The maximum Gasteiger partial charge on any atom is 0.160 e. The van der Waals surface area contributed by atoms with E-state index in [1.165, 1.54) is 38.5 Å². The third-order valence-corrected chi connectivity index (χ3v) is 8.90. The fraction of sp³-hybridized carbons (Fsp3) is 0.0500. The first-order chi connectivity index (χ1) is 21.7. The highest BCUT2D eigenvalue weighted by atomic mass is 79.9. The summed E-state index contributed by atoms with van der Waals surface area (Å²) in [7, 11) is 0. The van der Waals surface area contributed by atoms with Crippen LogP contribution in [0.3, 0.4) is 0 Å². The number of fused-ring (bicyclic) bond motifs is 3. The topological polar surface area (TPSA) is 30.7 Å². The van der Waals surface area contributed by atoms with Crippen LogP contribution in [0.4, 0.5) is 0 Å². The van der Waals surface area contributed by atoms with E-state index in [-0.39, 0.29) is 0 Å². The van der Waals surface area contributed by atoms with Crippen LogP contribution in [0.2, 0.25) is 0 Å². The molecular weight excluding hydrogens is 602 g/mol. The molecular formula is C40H28BrN3. The molecule has 5 aromatic carbocycles. The van der Waals surface area contributed by atoms with Crippen molar-refractivity contribution in [2.24, 2.45) is 0 Å². The zero-order valence-corrected chi connectivity index (χ0v) is 25.6. The van der Waals surface area contributed by atoms with Gasteiger partial charge in [0.15, 0.2) is 5.82 Å². The summed E-state index contributed by atoms with van der Waals surface area (Å²) in [5.74, 6) is 0.740. The first kappa shape index (κ1) is 26.6. The number of benzene rings is 5. The lowest BCUT2D eigenvalue weighted by atomic mass is 10.00. The molecule has 0 spiro atoms. The summed E-state index contributed by atoms with van der Waals surface area (Å²) in [6, 6.07) is 45.1. The number of rotatable bonds is 5. The Morgan fingerprint density at radius 3 is 2.07 bits per heavy atom. The number of para-hydroxylation sites is 1. The second kappa shape index (κ2) is 11.2. The van der Waals surface area contributed by atoms with Gasteiger partial charge in [-0.3, -0.25) is 0 Å². The first-order valence-electron chi connectivity index (χ1n) is 14.9. The lowest BCUT2D eigenvalue weighted by Crippen LogP contribution is -2.00. The summed E-state index contributed by atoms with van der Waals surface area (Å²) >= 11 is 3.56. The zero-order valence-electron chi connectivity index (χ0n) is 24.0. The fourth-order valence-electron chi connectivity index (χ4n) is 6.15. The molecule has 0 atom stereocenters. The normalized spacial score (nSPS) is 13.0. The number of halogens is 1. The molecule has 8 rings (SSSR count). The Labute approximate surface area is 265 Å². The summed E-state index contributed by atoms with van der Waals surface area (Å²) in [5.41, 5.74) is 11.2. The molecule has 210 valence electrons. The summed E-state index contributed by atoms with van der Waals surface area (Å²) in [4.78, 5) is 10.1. The molecule has 0 saturated heterocycles. The average molecular weight is 631 g/mol. The molecule has 0 bridgehead atoms. The summed E-state index contributed by atoms with van der Waals surface area (Å²) in [5, 5.41) is 2.48. The molecule has 44 heavy (non-hydrogen) atoms. The quantitative estimate of drug-likeness (QED) is 0.189. The van der Waals surface area contributed by atoms with E-state index in [9.17, 15) is 0 Å². The summed E-state index contributed by atoms with van der Waals surface area (Å²) in [6.45, 7) is 0. The molecule has 0 saturated carbocycles. The van der Waals surface area contributed by atoms with E-state index < -0.39 is 0 Å². The van der Waals surface area contributed by atoms with E-state index in [0.29, 0.717) is 0 Å². The molecule has 0 unspecified atom stereocenters. The van der Waals surface area contributed by atoms with E-state index >= 15 is 0 Å². The number of aromatic nitrogens is 3. The maximum absolute atomic E-state index is 5.07. The second-order valence-corrected chi connectivity index (χ2v) is 12.0. The molecule has 2 aromatic heterocycles. The van der Waals surface area contributed by atoms with Crippen LogP contribution in [0.25, 0.3) is 66.8 Å². The van der Waals surface area contributed by atoms with Gasteiger partial charge in [0.2, 0.25) is 0 Å². The van der Waals surface area contributed by atoms with Crippen molar-refractivity contribution in [2.45, 2.75) is 12.8 Å². The van der Waals surface area contributed by atoms with Crippen molar-refractivity contribution in [2.75, 3.05) is 0 Å². The van der Waals surface area contributed by atoms with Gasteiger partial charge >= 0.3 is 0 Å².